The number of fused-ring (bicyclic) bond motifs is 1. The van der Waals surface area contributed by atoms with E-state index < -0.39 is 0 Å². The Morgan fingerprint density at radius 1 is 0.821 bits per heavy atom. The van der Waals surface area contributed by atoms with Crippen LogP contribution in [0.25, 0.3) is 33.2 Å². The minimum Gasteiger partial charge on any atom is -0.200 e. The third-order valence-corrected chi connectivity index (χ3v) is 5.52. The second-order valence-electron chi connectivity index (χ2n) is 7.49. The van der Waals surface area contributed by atoms with Gasteiger partial charge >= 0.3 is 0 Å². The van der Waals surface area contributed by atoms with Gasteiger partial charge in [0.05, 0.1) is 17.0 Å². The zero-order chi connectivity index (χ0) is 19.8. The van der Waals surface area contributed by atoms with Crippen LogP contribution in [-0.2, 0) is 7.05 Å². The number of nitrogens with zero attached hydrogens (tertiary/aromatic N) is 2. The molecule has 0 atom stereocenters. The maximum atomic E-state index is 9.21. The van der Waals surface area contributed by atoms with Gasteiger partial charge in [0.1, 0.15) is 7.05 Å². The molecule has 4 aromatic rings. The van der Waals surface area contributed by atoms with Gasteiger partial charge in [-0.1, -0.05) is 30.3 Å². The molecule has 0 aliphatic carbocycles. The highest BCUT2D eigenvalue weighted by Gasteiger charge is 2.18. The van der Waals surface area contributed by atoms with Crippen LogP contribution in [0.4, 0.5) is 0 Å². The standard InChI is InChI=1S/C26H23N2/c1-17-6-5-7-18(2)25(17)22-9-11-23(19(3)14-22)26-24-10-8-20(16-27)15-21(24)12-13-28(26)4/h5-15H,1-4H3/q+1. The minimum atomic E-state index is 0.689. The fourth-order valence-electron chi connectivity index (χ4n) is 4.13. The molecule has 2 nitrogen and oxygen atoms in total. The van der Waals surface area contributed by atoms with Crippen LogP contribution in [0.15, 0.2) is 66.9 Å². The van der Waals surface area contributed by atoms with E-state index in [1.54, 1.807) is 0 Å². The van der Waals surface area contributed by atoms with E-state index in [-0.39, 0.29) is 0 Å². The third-order valence-electron chi connectivity index (χ3n) is 5.52. The molecule has 0 aliphatic heterocycles. The van der Waals surface area contributed by atoms with Crippen molar-refractivity contribution < 1.29 is 4.57 Å². The van der Waals surface area contributed by atoms with Crippen molar-refractivity contribution >= 4 is 10.8 Å². The monoisotopic (exact) mass is 363 g/mol. The van der Waals surface area contributed by atoms with Crippen LogP contribution in [0.3, 0.4) is 0 Å². The molecule has 0 N–H and O–H groups in total. The highest BCUT2D eigenvalue weighted by molar-refractivity contribution is 5.94. The normalized spacial score (nSPS) is 10.8. The van der Waals surface area contributed by atoms with E-state index in [4.69, 9.17) is 0 Å². The van der Waals surface area contributed by atoms with Crippen LogP contribution in [0.2, 0.25) is 0 Å². The molecular weight excluding hydrogens is 340 g/mol. The summed E-state index contributed by atoms with van der Waals surface area (Å²) in [4.78, 5) is 0. The summed E-state index contributed by atoms with van der Waals surface area (Å²) >= 11 is 0. The number of hydrogen-bond acceptors (Lipinski definition) is 1. The summed E-state index contributed by atoms with van der Waals surface area (Å²) in [5, 5.41) is 11.5. The van der Waals surface area contributed by atoms with Crippen LogP contribution in [0.5, 0.6) is 0 Å². The van der Waals surface area contributed by atoms with Crippen molar-refractivity contribution in [3.63, 3.8) is 0 Å². The quantitative estimate of drug-likeness (QED) is 0.414. The number of pyridine rings is 1. The van der Waals surface area contributed by atoms with Crippen molar-refractivity contribution in [2.75, 3.05) is 0 Å². The summed E-state index contributed by atoms with van der Waals surface area (Å²) in [6.45, 7) is 6.51. The SMILES string of the molecule is Cc1cc(-c2c(C)cccc2C)ccc1-c1c2ccc(C#N)cc2cc[n+]1C. The Balaban J connectivity index is 1.92. The van der Waals surface area contributed by atoms with E-state index >= 15 is 0 Å². The fraction of sp³-hybridized carbons (Fsp3) is 0.154. The lowest BCUT2D eigenvalue weighted by molar-refractivity contribution is -0.659. The molecule has 0 spiro atoms. The van der Waals surface area contributed by atoms with E-state index in [1.807, 2.05) is 12.1 Å². The van der Waals surface area contributed by atoms with Gasteiger partial charge in [-0.25, -0.2) is 4.57 Å². The summed E-state index contributed by atoms with van der Waals surface area (Å²) in [6.07, 6.45) is 2.07. The van der Waals surface area contributed by atoms with Crippen molar-refractivity contribution in [2.45, 2.75) is 20.8 Å². The van der Waals surface area contributed by atoms with Gasteiger partial charge in [0.2, 0.25) is 5.69 Å². The molecule has 0 fully saturated rings. The van der Waals surface area contributed by atoms with Crippen LogP contribution < -0.4 is 4.57 Å². The van der Waals surface area contributed by atoms with Gasteiger partial charge in [-0.3, -0.25) is 0 Å². The number of nitriles is 1. The Bertz CT molecular complexity index is 1240. The highest BCUT2D eigenvalue weighted by atomic mass is 14.9. The number of rotatable bonds is 2. The molecule has 0 radical (unpaired) electrons. The summed E-state index contributed by atoms with van der Waals surface area (Å²) in [5.41, 5.74) is 9.49. The minimum absolute atomic E-state index is 0.689. The van der Waals surface area contributed by atoms with Crippen molar-refractivity contribution in [1.82, 2.24) is 0 Å². The molecule has 2 heteroatoms. The Hall–Kier alpha value is -3.44. The number of aryl methyl sites for hydroxylation is 4. The molecule has 0 bridgehead atoms. The van der Waals surface area contributed by atoms with Gasteiger partial charge < -0.3 is 0 Å². The third kappa shape index (κ3) is 2.96. The second-order valence-corrected chi connectivity index (χ2v) is 7.49. The largest absolute Gasteiger partial charge is 0.220 e. The predicted octanol–water partition coefficient (Wildman–Crippen LogP) is 5.80. The molecule has 0 saturated carbocycles. The number of aromatic nitrogens is 1. The fourth-order valence-corrected chi connectivity index (χ4v) is 4.13. The van der Waals surface area contributed by atoms with E-state index in [1.165, 1.54) is 39.1 Å². The lowest BCUT2D eigenvalue weighted by atomic mass is 9.91. The van der Waals surface area contributed by atoms with E-state index in [0.29, 0.717) is 5.56 Å². The predicted molar refractivity (Wildman–Crippen MR) is 115 cm³/mol. The molecule has 136 valence electrons. The van der Waals surface area contributed by atoms with E-state index in [2.05, 4.69) is 93.2 Å². The Labute approximate surface area is 166 Å². The summed E-state index contributed by atoms with van der Waals surface area (Å²) in [7, 11) is 2.08. The summed E-state index contributed by atoms with van der Waals surface area (Å²) in [6, 6.07) is 23.4. The van der Waals surface area contributed by atoms with Crippen molar-refractivity contribution in [3.8, 4) is 28.5 Å². The van der Waals surface area contributed by atoms with Gasteiger partial charge in [0, 0.05) is 11.6 Å². The zero-order valence-corrected chi connectivity index (χ0v) is 16.7. The molecule has 0 amide bonds. The molecule has 1 heterocycles. The topological polar surface area (TPSA) is 27.7 Å². The number of hydrogen-bond donors (Lipinski definition) is 0. The zero-order valence-electron chi connectivity index (χ0n) is 16.7. The van der Waals surface area contributed by atoms with Crippen molar-refractivity contribution in [3.05, 3.63) is 89.1 Å². The molecule has 28 heavy (non-hydrogen) atoms. The lowest BCUT2D eigenvalue weighted by Crippen LogP contribution is -2.30. The highest BCUT2D eigenvalue weighted by Crippen LogP contribution is 2.33. The first-order valence-corrected chi connectivity index (χ1v) is 9.49. The second kappa shape index (κ2) is 6.94. The van der Waals surface area contributed by atoms with Gasteiger partial charge in [-0.05, 0) is 78.2 Å². The molecule has 4 rings (SSSR count). The van der Waals surface area contributed by atoms with E-state index in [9.17, 15) is 5.26 Å². The Kier molecular flexibility index (Phi) is 4.45. The molecule has 0 aliphatic rings. The van der Waals surface area contributed by atoms with Gasteiger partial charge in [-0.2, -0.15) is 5.26 Å². The molecular formula is C26H23N2+. The Morgan fingerprint density at radius 2 is 1.57 bits per heavy atom. The average molecular weight is 363 g/mol. The molecule has 0 unspecified atom stereocenters. The summed E-state index contributed by atoms with van der Waals surface area (Å²) < 4.78 is 2.16. The van der Waals surface area contributed by atoms with Crippen LogP contribution in [-0.4, -0.2) is 0 Å². The summed E-state index contributed by atoms with van der Waals surface area (Å²) in [5.74, 6) is 0. The molecule has 1 aromatic heterocycles. The van der Waals surface area contributed by atoms with Crippen LogP contribution in [0.1, 0.15) is 22.3 Å². The van der Waals surface area contributed by atoms with Gasteiger partial charge in [-0.15, -0.1) is 0 Å². The smallest absolute Gasteiger partial charge is 0.200 e. The molecule has 0 saturated heterocycles. The van der Waals surface area contributed by atoms with Crippen LogP contribution in [0, 0.1) is 32.1 Å². The number of benzene rings is 3. The maximum absolute atomic E-state index is 9.21. The maximum Gasteiger partial charge on any atom is 0.220 e. The van der Waals surface area contributed by atoms with Gasteiger partial charge in [0.15, 0.2) is 6.20 Å². The van der Waals surface area contributed by atoms with Gasteiger partial charge in [0.25, 0.3) is 0 Å². The first-order valence-electron chi connectivity index (χ1n) is 9.49. The van der Waals surface area contributed by atoms with Crippen molar-refractivity contribution in [1.29, 1.82) is 5.26 Å². The lowest BCUT2D eigenvalue weighted by Gasteiger charge is -2.13. The first kappa shape index (κ1) is 17.9. The Morgan fingerprint density at radius 3 is 2.25 bits per heavy atom. The average Bonchev–Trinajstić information content (AvgIpc) is 2.68. The molecule has 3 aromatic carbocycles. The van der Waals surface area contributed by atoms with Crippen molar-refractivity contribution in [2.24, 2.45) is 7.05 Å². The van der Waals surface area contributed by atoms with E-state index in [0.717, 1.165) is 10.8 Å². The van der Waals surface area contributed by atoms with Crippen LogP contribution >= 0.6 is 0 Å². The first-order chi connectivity index (χ1) is 13.5.